The van der Waals surface area contributed by atoms with Gasteiger partial charge in [0.1, 0.15) is 0 Å². The molecule has 22 heavy (non-hydrogen) atoms. The lowest BCUT2D eigenvalue weighted by Crippen LogP contribution is -1.98. The molecule has 0 spiro atoms. The lowest BCUT2D eigenvalue weighted by Gasteiger charge is -2.06. The number of unbranched alkanes of at least 4 members (excludes halogenated alkanes) is 9. The maximum absolute atomic E-state index is 10.9. The van der Waals surface area contributed by atoms with E-state index in [1.807, 2.05) is 0 Å². The van der Waals surface area contributed by atoms with Gasteiger partial charge >= 0.3 is 5.97 Å². The van der Waals surface area contributed by atoms with E-state index in [9.17, 15) is 4.79 Å². The van der Waals surface area contributed by atoms with Crippen molar-refractivity contribution in [2.24, 2.45) is 5.92 Å². The lowest BCUT2D eigenvalue weighted by molar-refractivity contribution is -0.140. The van der Waals surface area contributed by atoms with E-state index >= 15 is 0 Å². The Morgan fingerprint density at radius 1 is 0.955 bits per heavy atom. The summed E-state index contributed by atoms with van der Waals surface area (Å²) in [6, 6.07) is 0. The quantitative estimate of drug-likeness (QED) is 0.197. The molecule has 0 aliphatic heterocycles. The third kappa shape index (κ3) is 15.6. The Hall–Kier alpha value is -0.790. The average Bonchev–Trinajstić information content (AvgIpc) is 2.52. The summed E-state index contributed by atoms with van der Waals surface area (Å²) in [4.78, 5) is 10.9. The number of carbonyl (C=O) groups is 1. The number of hydrogen-bond acceptors (Lipinski definition) is 2. The Kier molecular flexibility index (Phi) is 16.0. The molecule has 2 nitrogen and oxygen atoms in total. The molecule has 0 aromatic heterocycles. The molecular formula is C20H38O2. The number of esters is 1. The summed E-state index contributed by atoms with van der Waals surface area (Å²) in [7, 11) is 1.46. The summed E-state index contributed by atoms with van der Waals surface area (Å²) in [5.74, 6) is 0.647. The highest BCUT2D eigenvalue weighted by molar-refractivity contribution is 5.68. The smallest absolute Gasteiger partial charge is 0.305 e. The van der Waals surface area contributed by atoms with E-state index in [0.29, 0.717) is 6.42 Å². The first-order valence-electron chi connectivity index (χ1n) is 9.44. The van der Waals surface area contributed by atoms with Gasteiger partial charge < -0.3 is 4.74 Å². The van der Waals surface area contributed by atoms with Crippen molar-refractivity contribution in [3.8, 4) is 0 Å². The van der Waals surface area contributed by atoms with Crippen LogP contribution in [0.2, 0.25) is 0 Å². The van der Waals surface area contributed by atoms with E-state index in [-0.39, 0.29) is 5.97 Å². The first-order chi connectivity index (χ1) is 10.7. The van der Waals surface area contributed by atoms with Gasteiger partial charge in [0.05, 0.1) is 7.11 Å². The number of rotatable bonds is 15. The molecule has 0 aliphatic carbocycles. The van der Waals surface area contributed by atoms with Crippen LogP contribution in [-0.4, -0.2) is 13.1 Å². The minimum atomic E-state index is -0.0802. The third-order valence-electron chi connectivity index (χ3n) is 4.21. The topological polar surface area (TPSA) is 26.3 Å². The van der Waals surface area contributed by atoms with Crippen LogP contribution in [0.5, 0.6) is 0 Å². The molecule has 0 saturated carbocycles. The number of hydrogen-bond donors (Lipinski definition) is 0. The minimum absolute atomic E-state index is 0.0802. The van der Waals surface area contributed by atoms with Gasteiger partial charge in [0, 0.05) is 6.42 Å². The molecule has 0 bridgehead atoms. The molecule has 0 aliphatic rings. The third-order valence-corrected chi connectivity index (χ3v) is 4.21. The second-order valence-corrected chi connectivity index (χ2v) is 6.49. The summed E-state index contributed by atoms with van der Waals surface area (Å²) < 4.78 is 4.63. The van der Waals surface area contributed by atoms with Gasteiger partial charge in [0.25, 0.3) is 0 Å². The first kappa shape index (κ1) is 21.2. The minimum Gasteiger partial charge on any atom is -0.469 e. The van der Waals surface area contributed by atoms with E-state index in [4.69, 9.17) is 0 Å². The molecule has 1 atom stereocenters. The number of allylic oxidation sites excluding steroid dienone is 2. The van der Waals surface area contributed by atoms with Crippen LogP contribution in [0, 0.1) is 5.92 Å². The van der Waals surface area contributed by atoms with Gasteiger partial charge in [0.15, 0.2) is 0 Å². The van der Waals surface area contributed by atoms with Crippen LogP contribution in [0.4, 0.5) is 0 Å². The Labute approximate surface area is 138 Å². The monoisotopic (exact) mass is 310 g/mol. The van der Waals surface area contributed by atoms with E-state index in [0.717, 1.165) is 18.8 Å². The predicted molar refractivity (Wildman–Crippen MR) is 96.0 cm³/mol. The standard InChI is InChI=1S/C20H38O2/c1-4-5-6-7-10-13-16-19(2)17-14-11-8-9-12-15-18-20(21)22-3/h14,17,19H,4-13,15-16,18H2,1-3H3/b17-14+. The van der Waals surface area contributed by atoms with Crippen LogP contribution in [0.3, 0.4) is 0 Å². The Balaban J connectivity index is 3.31. The van der Waals surface area contributed by atoms with Crippen molar-refractivity contribution in [1.29, 1.82) is 0 Å². The highest BCUT2D eigenvalue weighted by Gasteiger charge is 1.99. The molecule has 0 radical (unpaired) electrons. The van der Waals surface area contributed by atoms with Crippen LogP contribution in [0.15, 0.2) is 12.2 Å². The van der Waals surface area contributed by atoms with E-state index in [1.54, 1.807) is 0 Å². The van der Waals surface area contributed by atoms with Crippen molar-refractivity contribution >= 4 is 5.97 Å². The van der Waals surface area contributed by atoms with Gasteiger partial charge in [-0.15, -0.1) is 0 Å². The van der Waals surface area contributed by atoms with E-state index in [2.05, 4.69) is 30.7 Å². The largest absolute Gasteiger partial charge is 0.469 e. The second kappa shape index (κ2) is 16.6. The normalized spacial score (nSPS) is 12.7. The molecular weight excluding hydrogens is 272 g/mol. The molecule has 0 aromatic rings. The van der Waals surface area contributed by atoms with Gasteiger partial charge in [-0.25, -0.2) is 0 Å². The van der Waals surface area contributed by atoms with E-state index < -0.39 is 0 Å². The number of methoxy groups -OCH3 is 1. The Bertz CT molecular complexity index is 271. The van der Waals surface area contributed by atoms with Crippen molar-refractivity contribution in [3.05, 3.63) is 12.2 Å². The second-order valence-electron chi connectivity index (χ2n) is 6.49. The highest BCUT2D eigenvalue weighted by Crippen LogP contribution is 2.14. The van der Waals surface area contributed by atoms with Gasteiger partial charge in [-0.05, 0) is 31.6 Å². The average molecular weight is 311 g/mol. The van der Waals surface area contributed by atoms with Crippen molar-refractivity contribution in [2.75, 3.05) is 7.11 Å². The zero-order valence-electron chi connectivity index (χ0n) is 15.2. The molecule has 0 fully saturated rings. The first-order valence-corrected chi connectivity index (χ1v) is 9.44. The van der Waals surface area contributed by atoms with Gasteiger partial charge in [-0.1, -0.05) is 77.4 Å². The number of carbonyl (C=O) groups excluding carboxylic acids is 1. The molecule has 0 amide bonds. The van der Waals surface area contributed by atoms with Crippen molar-refractivity contribution in [1.82, 2.24) is 0 Å². The summed E-state index contributed by atoms with van der Waals surface area (Å²) in [5, 5.41) is 0. The van der Waals surface area contributed by atoms with Gasteiger partial charge in [-0.2, -0.15) is 0 Å². The fourth-order valence-electron chi connectivity index (χ4n) is 2.66. The molecule has 2 heteroatoms. The summed E-state index contributed by atoms with van der Waals surface area (Å²) in [5.41, 5.74) is 0. The molecule has 130 valence electrons. The molecule has 0 aromatic carbocycles. The summed E-state index contributed by atoms with van der Waals surface area (Å²) in [6.45, 7) is 4.60. The zero-order valence-corrected chi connectivity index (χ0v) is 15.2. The summed E-state index contributed by atoms with van der Waals surface area (Å²) in [6.07, 6.45) is 20.7. The van der Waals surface area contributed by atoms with E-state index in [1.165, 1.54) is 71.3 Å². The van der Waals surface area contributed by atoms with Gasteiger partial charge in [0.2, 0.25) is 0 Å². The van der Waals surface area contributed by atoms with Crippen LogP contribution >= 0.6 is 0 Å². The summed E-state index contributed by atoms with van der Waals surface area (Å²) >= 11 is 0. The molecule has 1 unspecified atom stereocenters. The highest BCUT2D eigenvalue weighted by atomic mass is 16.5. The van der Waals surface area contributed by atoms with Crippen molar-refractivity contribution in [2.45, 2.75) is 97.3 Å². The van der Waals surface area contributed by atoms with Crippen LogP contribution in [0.25, 0.3) is 0 Å². The SMILES string of the molecule is CCCCCCCCC(C)/C=C/CCCCCCC(=O)OC. The maximum Gasteiger partial charge on any atom is 0.305 e. The van der Waals surface area contributed by atoms with Crippen molar-refractivity contribution < 1.29 is 9.53 Å². The molecule has 0 N–H and O–H groups in total. The maximum atomic E-state index is 10.9. The fourth-order valence-corrected chi connectivity index (χ4v) is 2.66. The van der Waals surface area contributed by atoms with Crippen LogP contribution < -0.4 is 0 Å². The van der Waals surface area contributed by atoms with Gasteiger partial charge in [-0.3, -0.25) is 4.79 Å². The Morgan fingerprint density at radius 2 is 1.59 bits per heavy atom. The van der Waals surface area contributed by atoms with Crippen molar-refractivity contribution in [3.63, 3.8) is 0 Å². The van der Waals surface area contributed by atoms with Crippen LogP contribution in [-0.2, 0) is 9.53 Å². The van der Waals surface area contributed by atoms with Crippen LogP contribution in [0.1, 0.15) is 97.3 Å². The molecule has 0 rings (SSSR count). The zero-order chi connectivity index (χ0) is 16.5. The molecule has 0 saturated heterocycles. The molecule has 0 heterocycles. The fraction of sp³-hybridized carbons (Fsp3) is 0.850. The number of ether oxygens (including phenoxy) is 1. The predicted octanol–water partition coefficient (Wildman–Crippen LogP) is 6.44. The lowest BCUT2D eigenvalue weighted by atomic mass is 10.0. The Morgan fingerprint density at radius 3 is 2.32 bits per heavy atom.